The standard InChI is InChI=1S/C18H31N3O.HI/c1-17(2,3)21-16(19-7)20-12-14-9-8-10-15(11-14)13-22-18(4,5)6;/h8-11H,12-13H2,1-7H3,(H2,19,20,21);1H. The summed E-state index contributed by atoms with van der Waals surface area (Å²) < 4.78 is 5.83. The van der Waals surface area contributed by atoms with Gasteiger partial charge in [0.25, 0.3) is 0 Å². The first-order valence-corrected chi connectivity index (χ1v) is 7.80. The lowest BCUT2D eigenvalue weighted by Gasteiger charge is -2.24. The SMILES string of the molecule is CN=C(NCc1cccc(COC(C)(C)C)c1)NC(C)(C)C.I. The van der Waals surface area contributed by atoms with Gasteiger partial charge in [-0.25, -0.2) is 0 Å². The van der Waals surface area contributed by atoms with Crippen LogP contribution in [0, 0.1) is 0 Å². The average Bonchev–Trinajstić information content (AvgIpc) is 2.40. The highest BCUT2D eigenvalue weighted by molar-refractivity contribution is 14.0. The Morgan fingerprint density at radius 1 is 1.09 bits per heavy atom. The first-order chi connectivity index (χ1) is 10.1. The quantitative estimate of drug-likeness (QED) is 0.427. The van der Waals surface area contributed by atoms with Crippen LogP contribution in [0.4, 0.5) is 0 Å². The molecule has 0 heterocycles. The van der Waals surface area contributed by atoms with Gasteiger partial charge in [-0.05, 0) is 52.7 Å². The molecule has 0 saturated heterocycles. The fourth-order valence-electron chi connectivity index (χ4n) is 1.85. The number of aliphatic imine (C=N–C) groups is 1. The molecule has 5 heteroatoms. The summed E-state index contributed by atoms with van der Waals surface area (Å²) in [5, 5.41) is 6.69. The third-order valence-corrected chi connectivity index (χ3v) is 2.84. The molecule has 0 bridgehead atoms. The molecule has 0 fully saturated rings. The maximum absolute atomic E-state index is 5.83. The van der Waals surface area contributed by atoms with E-state index in [1.807, 2.05) is 0 Å². The Kier molecular flexibility index (Phi) is 9.13. The van der Waals surface area contributed by atoms with E-state index in [2.05, 4.69) is 81.4 Å². The normalized spacial score (nSPS) is 12.6. The summed E-state index contributed by atoms with van der Waals surface area (Å²) in [5.41, 5.74) is 2.27. The van der Waals surface area contributed by atoms with E-state index >= 15 is 0 Å². The predicted octanol–water partition coefficient (Wildman–Crippen LogP) is 4.08. The Morgan fingerprint density at radius 2 is 1.70 bits per heavy atom. The molecular formula is C18H32IN3O. The fraction of sp³-hybridized carbons (Fsp3) is 0.611. The average molecular weight is 433 g/mol. The van der Waals surface area contributed by atoms with E-state index in [1.165, 1.54) is 11.1 Å². The number of rotatable bonds is 4. The van der Waals surface area contributed by atoms with Crippen molar-refractivity contribution in [2.45, 2.75) is 65.8 Å². The molecule has 0 radical (unpaired) electrons. The molecule has 1 rings (SSSR count). The Morgan fingerprint density at radius 3 is 2.22 bits per heavy atom. The number of ether oxygens (including phenoxy) is 1. The molecule has 0 aliphatic carbocycles. The minimum atomic E-state index is -0.118. The molecule has 1 aromatic rings. The van der Waals surface area contributed by atoms with E-state index in [4.69, 9.17) is 4.74 Å². The van der Waals surface area contributed by atoms with Gasteiger partial charge in [0.15, 0.2) is 5.96 Å². The van der Waals surface area contributed by atoms with E-state index < -0.39 is 0 Å². The maximum atomic E-state index is 5.83. The number of hydrogen-bond acceptors (Lipinski definition) is 2. The lowest BCUT2D eigenvalue weighted by atomic mass is 10.1. The summed E-state index contributed by atoms with van der Waals surface area (Å²) in [6.45, 7) is 13.9. The van der Waals surface area contributed by atoms with Crippen LogP contribution in [0.1, 0.15) is 52.7 Å². The molecule has 0 aromatic heterocycles. The summed E-state index contributed by atoms with van der Waals surface area (Å²) in [6, 6.07) is 8.44. The Bertz CT molecular complexity index is 502. The van der Waals surface area contributed by atoms with Crippen molar-refractivity contribution in [3.63, 3.8) is 0 Å². The van der Waals surface area contributed by atoms with Crippen molar-refractivity contribution < 1.29 is 4.74 Å². The lowest BCUT2D eigenvalue weighted by molar-refractivity contribution is -0.0149. The molecule has 0 unspecified atom stereocenters. The Balaban J connectivity index is 0.00000484. The minimum absolute atomic E-state index is 0. The van der Waals surface area contributed by atoms with Gasteiger partial charge in [0.2, 0.25) is 0 Å². The molecule has 0 aliphatic rings. The molecule has 0 aliphatic heterocycles. The first kappa shape index (κ1) is 22.2. The highest BCUT2D eigenvalue weighted by atomic mass is 127. The van der Waals surface area contributed by atoms with Gasteiger partial charge in [0, 0.05) is 19.1 Å². The van der Waals surface area contributed by atoms with E-state index in [0.29, 0.717) is 6.61 Å². The summed E-state index contributed by atoms with van der Waals surface area (Å²) in [5.74, 6) is 0.809. The third kappa shape index (κ3) is 10.5. The number of halogens is 1. The van der Waals surface area contributed by atoms with Gasteiger partial charge in [0.1, 0.15) is 0 Å². The topological polar surface area (TPSA) is 45.7 Å². The van der Waals surface area contributed by atoms with E-state index in [0.717, 1.165) is 12.5 Å². The van der Waals surface area contributed by atoms with Crippen molar-refractivity contribution in [3.8, 4) is 0 Å². The van der Waals surface area contributed by atoms with Crippen LogP contribution in [-0.2, 0) is 17.9 Å². The lowest BCUT2D eigenvalue weighted by Crippen LogP contribution is -2.47. The summed E-state index contributed by atoms with van der Waals surface area (Å²) in [6.07, 6.45) is 0. The van der Waals surface area contributed by atoms with Gasteiger partial charge < -0.3 is 15.4 Å². The van der Waals surface area contributed by atoms with Crippen molar-refractivity contribution in [2.24, 2.45) is 4.99 Å². The number of benzene rings is 1. The van der Waals surface area contributed by atoms with Gasteiger partial charge in [-0.15, -0.1) is 24.0 Å². The van der Waals surface area contributed by atoms with Gasteiger partial charge in [-0.1, -0.05) is 24.3 Å². The van der Waals surface area contributed by atoms with Crippen LogP contribution in [0.25, 0.3) is 0 Å². The van der Waals surface area contributed by atoms with Gasteiger partial charge in [0.05, 0.1) is 12.2 Å². The molecule has 132 valence electrons. The number of nitrogens with zero attached hydrogens (tertiary/aromatic N) is 1. The van der Waals surface area contributed by atoms with Crippen molar-refractivity contribution >= 4 is 29.9 Å². The molecule has 23 heavy (non-hydrogen) atoms. The van der Waals surface area contributed by atoms with E-state index in [-0.39, 0.29) is 35.1 Å². The summed E-state index contributed by atoms with van der Waals surface area (Å²) >= 11 is 0. The van der Waals surface area contributed by atoms with Gasteiger partial charge in [-0.3, -0.25) is 4.99 Å². The van der Waals surface area contributed by atoms with Crippen LogP contribution in [0.5, 0.6) is 0 Å². The zero-order valence-electron chi connectivity index (χ0n) is 15.5. The third-order valence-electron chi connectivity index (χ3n) is 2.84. The molecule has 2 N–H and O–H groups in total. The second kappa shape index (κ2) is 9.47. The predicted molar refractivity (Wildman–Crippen MR) is 109 cm³/mol. The largest absolute Gasteiger partial charge is 0.371 e. The zero-order valence-corrected chi connectivity index (χ0v) is 17.8. The highest BCUT2D eigenvalue weighted by Gasteiger charge is 2.12. The second-order valence-electron chi connectivity index (χ2n) is 7.52. The van der Waals surface area contributed by atoms with Crippen LogP contribution in [-0.4, -0.2) is 24.1 Å². The van der Waals surface area contributed by atoms with E-state index in [9.17, 15) is 0 Å². The van der Waals surface area contributed by atoms with Crippen molar-refractivity contribution in [1.29, 1.82) is 0 Å². The van der Waals surface area contributed by atoms with Crippen molar-refractivity contribution in [3.05, 3.63) is 35.4 Å². The van der Waals surface area contributed by atoms with Crippen LogP contribution >= 0.6 is 24.0 Å². The van der Waals surface area contributed by atoms with Crippen LogP contribution in [0.2, 0.25) is 0 Å². The number of hydrogen-bond donors (Lipinski definition) is 2. The molecular weight excluding hydrogens is 401 g/mol. The molecule has 1 aromatic carbocycles. The van der Waals surface area contributed by atoms with Gasteiger partial charge in [-0.2, -0.15) is 0 Å². The Labute approximate surface area is 158 Å². The van der Waals surface area contributed by atoms with Crippen molar-refractivity contribution in [1.82, 2.24) is 10.6 Å². The minimum Gasteiger partial charge on any atom is -0.371 e. The van der Waals surface area contributed by atoms with Crippen LogP contribution in [0.3, 0.4) is 0 Å². The Hall–Kier alpha value is -0.820. The molecule has 0 saturated carbocycles. The molecule has 0 amide bonds. The van der Waals surface area contributed by atoms with Crippen LogP contribution < -0.4 is 10.6 Å². The number of guanidine groups is 1. The van der Waals surface area contributed by atoms with Gasteiger partial charge >= 0.3 is 0 Å². The molecule has 0 spiro atoms. The van der Waals surface area contributed by atoms with Crippen LogP contribution in [0.15, 0.2) is 29.3 Å². The fourth-order valence-corrected chi connectivity index (χ4v) is 1.85. The number of nitrogens with one attached hydrogen (secondary N) is 2. The molecule has 0 atom stereocenters. The monoisotopic (exact) mass is 433 g/mol. The van der Waals surface area contributed by atoms with Crippen molar-refractivity contribution in [2.75, 3.05) is 7.05 Å². The maximum Gasteiger partial charge on any atom is 0.191 e. The smallest absolute Gasteiger partial charge is 0.191 e. The summed E-state index contributed by atoms with van der Waals surface area (Å²) in [4.78, 5) is 4.25. The zero-order chi connectivity index (χ0) is 16.8. The van der Waals surface area contributed by atoms with E-state index in [1.54, 1.807) is 7.05 Å². The first-order valence-electron chi connectivity index (χ1n) is 7.80. The molecule has 4 nitrogen and oxygen atoms in total. The highest BCUT2D eigenvalue weighted by Crippen LogP contribution is 2.13. The second-order valence-corrected chi connectivity index (χ2v) is 7.52. The summed E-state index contributed by atoms with van der Waals surface area (Å²) in [7, 11) is 1.79.